The normalized spacial score (nSPS) is 13.2. The van der Waals surface area contributed by atoms with Gasteiger partial charge in [-0.15, -0.1) is 0 Å². The third-order valence-electron chi connectivity index (χ3n) is 3.41. The molecule has 22 heavy (non-hydrogen) atoms. The lowest BCUT2D eigenvalue weighted by Gasteiger charge is -2.27. The van der Waals surface area contributed by atoms with Crippen LogP contribution >= 0.6 is 0 Å². The van der Waals surface area contributed by atoms with Gasteiger partial charge >= 0.3 is 6.09 Å². The molecular formula is C16H12N2O4. The van der Waals surface area contributed by atoms with Gasteiger partial charge in [0, 0.05) is 0 Å². The first-order valence-electron chi connectivity index (χ1n) is 6.61. The first-order chi connectivity index (χ1) is 10.6. The van der Waals surface area contributed by atoms with E-state index in [2.05, 4.69) is 0 Å². The summed E-state index contributed by atoms with van der Waals surface area (Å²) >= 11 is 0. The Labute approximate surface area is 126 Å². The van der Waals surface area contributed by atoms with Crippen LogP contribution in [-0.4, -0.2) is 33.0 Å². The highest BCUT2D eigenvalue weighted by atomic mass is 16.4. The maximum absolute atomic E-state index is 12.3. The molecule has 3 amide bonds. The van der Waals surface area contributed by atoms with E-state index < -0.39 is 17.9 Å². The number of imide groups is 1. The molecule has 0 radical (unpaired) electrons. The summed E-state index contributed by atoms with van der Waals surface area (Å²) in [4.78, 5) is 36.2. The summed E-state index contributed by atoms with van der Waals surface area (Å²) in [5.41, 5.74) is 1.11. The van der Waals surface area contributed by atoms with E-state index in [1.54, 1.807) is 42.5 Å². The highest BCUT2D eigenvalue weighted by Crippen LogP contribution is 2.25. The third-order valence-corrected chi connectivity index (χ3v) is 3.41. The van der Waals surface area contributed by atoms with Crippen LogP contribution in [0.15, 0.2) is 54.6 Å². The van der Waals surface area contributed by atoms with Gasteiger partial charge in [0.2, 0.25) is 0 Å². The van der Waals surface area contributed by atoms with Gasteiger partial charge in [-0.2, -0.15) is 5.01 Å². The average Bonchev–Trinajstić information content (AvgIpc) is 2.78. The number of fused-ring (bicyclic) bond motifs is 1. The van der Waals surface area contributed by atoms with Gasteiger partial charge in [-0.1, -0.05) is 42.5 Å². The second kappa shape index (κ2) is 5.33. The van der Waals surface area contributed by atoms with Gasteiger partial charge in [0.1, 0.15) is 0 Å². The monoisotopic (exact) mass is 296 g/mol. The summed E-state index contributed by atoms with van der Waals surface area (Å²) < 4.78 is 0. The first-order valence-corrected chi connectivity index (χ1v) is 6.61. The molecule has 1 aliphatic heterocycles. The van der Waals surface area contributed by atoms with Crippen molar-refractivity contribution < 1.29 is 19.5 Å². The minimum Gasteiger partial charge on any atom is -0.464 e. The van der Waals surface area contributed by atoms with Crippen molar-refractivity contribution in [2.75, 3.05) is 0 Å². The summed E-state index contributed by atoms with van der Waals surface area (Å²) in [6, 6.07) is 15.1. The predicted molar refractivity (Wildman–Crippen MR) is 77.0 cm³/mol. The van der Waals surface area contributed by atoms with Crippen LogP contribution in [0.3, 0.4) is 0 Å². The molecule has 0 aliphatic carbocycles. The van der Waals surface area contributed by atoms with Crippen molar-refractivity contribution in [2.45, 2.75) is 6.54 Å². The Kier molecular flexibility index (Phi) is 3.34. The van der Waals surface area contributed by atoms with E-state index in [1.807, 2.05) is 0 Å². The summed E-state index contributed by atoms with van der Waals surface area (Å²) in [6.07, 6.45) is -1.36. The fraction of sp³-hybridized carbons (Fsp3) is 0.0625. The van der Waals surface area contributed by atoms with E-state index in [0.29, 0.717) is 10.6 Å². The van der Waals surface area contributed by atoms with Crippen LogP contribution in [0, 0.1) is 0 Å². The minimum atomic E-state index is -1.36. The number of hydrogen-bond acceptors (Lipinski definition) is 3. The smallest absolute Gasteiger partial charge is 0.427 e. The molecular weight excluding hydrogens is 284 g/mol. The van der Waals surface area contributed by atoms with E-state index in [1.165, 1.54) is 12.1 Å². The third kappa shape index (κ3) is 2.20. The molecule has 6 nitrogen and oxygen atoms in total. The fourth-order valence-corrected chi connectivity index (χ4v) is 2.38. The van der Waals surface area contributed by atoms with Crippen LogP contribution in [-0.2, 0) is 6.54 Å². The highest BCUT2D eigenvalue weighted by molar-refractivity contribution is 6.21. The van der Waals surface area contributed by atoms with Crippen molar-refractivity contribution in [2.24, 2.45) is 0 Å². The number of rotatable bonds is 3. The molecule has 6 heteroatoms. The Morgan fingerprint density at radius 1 is 0.909 bits per heavy atom. The van der Waals surface area contributed by atoms with Crippen LogP contribution in [0.25, 0.3) is 0 Å². The zero-order valence-electron chi connectivity index (χ0n) is 11.5. The topological polar surface area (TPSA) is 77.9 Å². The highest BCUT2D eigenvalue weighted by Gasteiger charge is 2.41. The van der Waals surface area contributed by atoms with Gasteiger partial charge in [-0.05, 0) is 17.7 Å². The SMILES string of the molecule is O=C(O)N(Cc1ccccc1)N1C(=O)c2ccccc2C1=O. The zero-order chi connectivity index (χ0) is 15.7. The molecule has 0 atom stereocenters. The molecule has 1 N–H and O–H groups in total. The Morgan fingerprint density at radius 2 is 1.41 bits per heavy atom. The van der Waals surface area contributed by atoms with Gasteiger partial charge in [0.05, 0.1) is 17.7 Å². The zero-order valence-corrected chi connectivity index (χ0v) is 11.5. The molecule has 0 saturated carbocycles. The summed E-state index contributed by atoms with van der Waals surface area (Å²) in [5.74, 6) is -1.25. The van der Waals surface area contributed by atoms with Crippen LogP contribution in [0.1, 0.15) is 26.3 Å². The molecule has 110 valence electrons. The average molecular weight is 296 g/mol. The Morgan fingerprint density at radius 3 is 1.91 bits per heavy atom. The summed E-state index contributed by atoms with van der Waals surface area (Å²) in [5, 5.41) is 10.8. The maximum Gasteiger partial charge on any atom is 0.427 e. The number of carboxylic acid groups (broad SMARTS) is 1. The van der Waals surface area contributed by atoms with Crippen molar-refractivity contribution in [3.8, 4) is 0 Å². The Hall–Kier alpha value is -3.15. The van der Waals surface area contributed by atoms with E-state index in [-0.39, 0.29) is 17.7 Å². The van der Waals surface area contributed by atoms with Crippen molar-refractivity contribution >= 4 is 17.9 Å². The van der Waals surface area contributed by atoms with E-state index in [4.69, 9.17) is 0 Å². The van der Waals surface area contributed by atoms with Crippen molar-refractivity contribution in [3.63, 3.8) is 0 Å². The molecule has 1 heterocycles. The number of amides is 3. The Bertz CT molecular complexity index is 723. The lowest BCUT2D eigenvalue weighted by Crippen LogP contribution is -2.48. The molecule has 0 saturated heterocycles. The molecule has 0 fully saturated rings. The number of carbonyl (C=O) groups is 3. The minimum absolute atomic E-state index is 0.0817. The number of benzene rings is 2. The number of nitrogens with zero attached hydrogens (tertiary/aromatic N) is 2. The van der Waals surface area contributed by atoms with Crippen LogP contribution in [0.2, 0.25) is 0 Å². The van der Waals surface area contributed by atoms with Gasteiger partial charge in [0.15, 0.2) is 0 Å². The molecule has 0 spiro atoms. The van der Waals surface area contributed by atoms with E-state index in [0.717, 1.165) is 5.01 Å². The van der Waals surface area contributed by atoms with E-state index in [9.17, 15) is 19.5 Å². The number of carbonyl (C=O) groups excluding carboxylic acids is 2. The molecule has 0 unspecified atom stereocenters. The van der Waals surface area contributed by atoms with E-state index >= 15 is 0 Å². The van der Waals surface area contributed by atoms with Crippen LogP contribution < -0.4 is 0 Å². The largest absolute Gasteiger partial charge is 0.464 e. The Balaban J connectivity index is 1.95. The molecule has 0 aromatic heterocycles. The predicted octanol–water partition coefficient (Wildman–Crippen LogP) is 2.38. The molecule has 2 aromatic rings. The molecule has 1 aliphatic rings. The van der Waals surface area contributed by atoms with Crippen molar-refractivity contribution in [1.29, 1.82) is 0 Å². The summed E-state index contributed by atoms with van der Waals surface area (Å²) in [7, 11) is 0. The number of hydrogen-bond donors (Lipinski definition) is 1. The standard InChI is InChI=1S/C16H12N2O4/c19-14-12-8-4-5-9-13(12)15(20)18(14)17(16(21)22)10-11-6-2-1-3-7-11/h1-9H,10H2,(H,21,22). The first kappa shape index (κ1) is 13.8. The van der Waals surface area contributed by atoms with Gasteiger partial charge in [-0.25, -0.2) is 9.80 Å². The molecule has 2 aromatic carbocycles. The van der Waals surface area contributed by atoms with Crippen LogP contribution in [0.4, 0.5) is 4.79 Å². The van der Waals surface area contributed by atoms with Gasteiger partial charge in [0.25, 0.3) is 11.8 Å². The molecule has 0 bridgehead atoms. The number of hydrazine groups is 1. The van der Waals surface area contributed by atoms with Gasteiger partial charge in [-0.3, -0.25) is 9.59 Å². The second-order valence-electron chi connectivity index (χ2n) is 4.79. The van der Waals surface area contributed by atoms with Gasteiger partial charge < -0.3 is 5.11 Å². The fourth-order valence-electron chi connectivity index (χ4n) is 2.38. The second-order valence-corrected chi connectivity index (χ2v) is 4.79. The molecule has 3 rings (SSSR count). The van der Waals surface area contributed by atoms with Crippen molar-refractivity contribution in [3.05, 3.63) is 71.3 Å². The van der Waals surface area contributed by atoms with Crippen molar-refractivity contribution in [1.82, 2.24) is 10.0 Å². The lowest BCUT2D eigenvalue weighted by atomic mass is 10.1. The lowest BCUT2D eigenvalue weighted by molar-refractivity contribution is 0.00326. The summed E-state index contributed by atoms with van der Waals surface area (Å²) in [6.45, 7) is -0.0817. The quantitative estimate of drug-likeness (QED) is 0.882. The maximum atomic E-state index is 12.3. The van der Waals surface area contributed by atoms with Crippen LogP contribution in [0.5, 0.6) is 0 Å².